The summed E-state index contributed by atoms with van der Waals surface area (Å²) in [4.78, 5) is 2.31. The molecule has 5 heteroatoms. The summed E-state index contributed by atoms with van der Waals surface area (Å²) in [6.45, 7) is 4.11. The van der Waals surface area contributed by atoms with Gasteiger partial charge in [-0.1, -0.05) is 29.8 Å². The lowest BCUT2D eigenvalue weighted by molar-refractivity contribution is 0.159. The molecule has 2 rings (SSSR count). The molecular formula is C12H17Cl2N3. The Hall–Kier alpha value is -0.770. The molecule has 17 heavy (non-hydrogen) atoms. The van der Waals surface area contributed by atoms with Crippen LogP contribution in [0.3, 0.4) is 0 Å². The van der Waals surface area contributed by atoms with Crippen LogP contribution in [0.2, 0.25) is 5.02 Å². The third kappa shape index (κ3) is 4.19. The SMILES string of the molecule is CN1CCN(/N=C/c2ccccc2Cl)CC1.Cl. The highest BCUT2D eigenvalue weighted by atomic mass is 35.5. The first kappa shape index (κ1) is 14.3. The molecule has 0 aromatic heterocycles. The summed E-state index contributed by atoms with van der Waals surface area (Å²) >= 11 is 6.05. The zero-order chi connectivity index (χ0) is 11.4. The predicted molar refractivity (Wildman–Crippen MR) is 75.4 cm³/mol. The fourth-order valence-electron chi connectivity index (χ4n) is 1.64. The van der Waals surface area contributed by atoms with Crippen LogP contribution in [0.5, 0.6) is 0 Å². The zero-order valence-electron chi connectivity index (χ0n) is 9.84. The highest BCUT2D eigenvalue weighted by Gasteiger charge is 2.10. The number of hydrogen-bond acceptors (Lipinski definition) is 3. The molecule has 0 amide bonds. The lowest BCUT2D eigenvalue weighted by Crippen LogP contribution is -2.41. The van der Waals surface area contributed by atoms with E-state index >= 15 is 0 Å². The molecule has 94 valence electrons. The lowest BCUT2D eigenvalue weighted by Gasteiger charge is -2.30. The van der Waals surface area contributed by atoms with Gasteiger partial charge in [-0.15, -0.1) is 12.4 Å². The molecule has 0 N–H and O–H groups in total. The number of rotatable bonds is 2. The van der Waals surface area contributed by atoms with Crippen molar-refractivity contribution in [1.29, 1.82) is 0 Å². The summed E-state index contributed by atoms with van der Waals surface area (Å²) < 4.78 is 0. The average Bonchev–Trinajstić information content (AvgIpc) is 2.30. The van der Waals surface area contributed by atoms with Gasteiger partial charge in [-0.2, -0.15) is 5.10 Å². The first-order valence-electron chi connectivity index (χ1n) is 5.48. The Morgan fingerprint density at radius 3 is 2.47 bits per heavy atom. The fourth-order valence-corrected chi connectivity index (χ4v) is 1.82. The van der Waals surface area contributed by atoms with Crippen LogP contribution in [0.15, 0.2) is 29.4 Å². The van der Waals surface area contributed by atoms with Gasteiger partial charge in [0, 0.05) is 36.8 Å². The monoisotopic (exact) mass is 273 g/mol. The highest BCUT2D eigenvalue weighted by molar-refractivity contribution is 6.33. The number of piperazine rings is 1. The molecule has 0 radical (unpaired) electrons. The van der Waals surface area contributed by atoms with Crippen LogP contribution in [0, 0.1) is 0 Å². The fraction of sp³-hybridized carbons (Fsp3) is 0.417. The Kier molecular flexibility index (Phi) is 5.75. The first-order chi connectivity index (χ1) is 7.75. The maximum absolute atomic E-state index is 6.05. The molecule has 0 aliphatic carbocycles. The van der Waals surface area contributed by atoms with Crippen LogP contribution in [0.1, 0.15) is 5.56 Å². The Labute approximate surface area is 113 Å². The highest BCUT2D eigenvalue weighted by Crippen LogP contribution is 2.12. The third-order valence-corrected chi connectivity index (χ3v) is 3.09. The van der Waals surface area contributed by atoms with E-state index in [4.69, 9.17) is 11.6 Å². The van der Waals surface area contributed by atoms with Gasteiger partial charge in [0.25, 0.3) is 0 Å². The molecule has 1 saturated heterocycles. The molecule has 0 saturated carbocycles. The molecule has 1 aromatic carbocycles. The quantitative estimate of drug-likeness (QED) is 0.771. The molecule has 1 heterocycles. The third-order valence-electron chi connectivity index (χ3n) is 2.75. The largest absolute Gasteiger partial charge is 0.303 e. The van der Waals surface area contributed by atoms with E-state index in [-0.39, 0.29) is 12.4 Å². The maximum Gasteiger partial charge on any atom is 0.0557 e. The van der Waals surface area contributed by atoms with Crippen molar-refractivity contribution < 1.29 is 0 Å². The topological polar surface area (TPSA) is 18.8 Å². The van der Waals surface area contributed by atoms with Crippen molar-refractivity contribution in [2.45, 2.75) is 0 Å². The van der Waals surface area contributed by atoms with Gasteiger partial charge in [0.15, 0.2) is 0 Å². The predicted octanol–water partition coefficient (Wildman–Crippen LogP) is 2.34. The summed E-state index contributed by atoms with van der Waals surface area (Å²) in [5.41, 5.74) is 0.975. The first-order valence-corrected chi connectivity index (χ1v) is 5.85. The summed E-state index contributed by atoms with van der Waals surface area (Å²) in [6.07, 6.45) is 1.84. The van der Waals surface area contributed by atoms with Crippen molar-refractivity contribution in [2.24, 2.45) is 5.10 Å². The van der Waals surface area contributed by atoms with Gasteiger partial charge in [0.2, 0.25) is 0 Å². The molecule has 0 spiro atoms. The van der Waals surface area contributed by atoms with E-state index in [9.17, 15) is 0 Å². The van der Waals surface area contributed by atoms with Gasteiger partial charge >= 0.3 is 0 Å². The minimum atomic E-state index is 0. The van der Waals surface area contributed by atoms with Crippen molar-refractivity contribution in [3.8, 4) is 0 Å². The van der Waals surface area contributed by atoms with Crippen molar-refractivity contribution in [3.05, 3.63) is 34.9 Å². The molecule has 0 bridgehead atoms. The minimum absolute atomic E-state index is 0. The van der Waals surface area contributed by atoms with Crippen LogP contribution in [-0.4, -0.2) is 49.4 Å². The second-order valence-corrected chi connectivity index (χ2v) is 4.43. The summed E-state index contributed by atoms with van der Waals surface area (Å²) in [6, 6.07) is 7.75. The second-order valence-electron chi connectivity index (χ2n) is 4.02. The van der Waals surface area contributed by atoms with Crippen molar-refractivity contribution >= 4 is 30.2 Å². The Balaban J connectivity index is 0.00000144. The van der Waals surface area contributed by atoms with Crippen LogP contribution in [-0.2, 0) is 0 Å². The molecular weight excluding hydrogens is 257 g/mol. The van der Waals surface area contributed by atoms with E-state index in [1.54, 1.807) is 0 Å². The molecule has 0 unspecified atom stereocenters. The molecule has 0 atom stereocenters. The second kappa shape index (κ2) is 6.84. The molecule has 1 fully saturated rings. The van der Waals surface area contributed by atoms with Gasteiger partial charge in [0.05, 0.1) is 6.21 Å². The summed E-state index contributed by atoms with van der Waals surface area (Å²) in [5, 5.41) is 7.28. The number of likely N-dealkylation sites (N-methyl/N-ethyl adjacent to an activating group) is 1. The number of hydrogen-bond donors (Lipinski definition) is 0. The molecule has 1 aromatic rings. The Morgan fingerprint density at radius 2 is 1.82 bits per heavy atom. The lowest BCUT2D eigenvalue weighted by atomic mass is 10.2. The Morgan fingerprint density at radius 1 is 1.18 bits per heavy atom. The normalized spacial score (nSPS) is 17.2. The van der Waals surface area contributed by atoms with Gasteiger partial charge in [-0.25, -0.2) is 0 Å². The van der Waals surface area contributed by atoms with Gasteiger partial charge < -0.3 is 4.90 Å². The van der Waals surface area contributed by atoms with Gasteiger partial charge in [0.1, 0.15) is 0 Å². The Bertz CT molecular complexity index is 374. The van der Waals surface area contributed by atoms with Crippen LogP contribution >= 0.6 is 24.0 Å². The summed E-state index contributed by atoms with van der Waals surface area (Å²) in [7, 11) is 2.13. The van der Waals surface area contributed by atoms with Crippen molar-refractivity contribution in [3.63, 3.8) is 0 Å². The summed E-state index contributed by atoms with van der Waals surface area (Å²) in [5.74, 6) is 0. The van der Waals surface area contributed by atoms with Gasteiger partial charge in [-0.05, 0) is 13.1 Å². The van der Waals surface area contributed by atoms with Crippen molar-refractivity contribution in [1.82, 2.24) is 9.91 Å². The standard InChI is InChI=1S/C12H16ClN3.ClH/c1-15-6-8-16(9-7-15)14-10-11-4-2-3-5-12(11)13;/h2-5,10H,6-9H2,1H3;1H/b14-10+;. The van der Waals surface area contributed by atoms with E-state index in [0.717, 1.165) is 36.8 Å². The van der Waals surface area contributed by atoms with E-state index in [1.165, 1.54) is 0 Å². The van der Waals surface area contributed by atoms with Crippen LogP contribution in [0.25, 0.3) is 0 Å². The molecule has 1 aliphatic heterocycles. The number of benzene rings is 1. The van der Waals surface area contributed by atoms with E-state index in [2.05, 4.69) is 22.1 Å². The number of nitrogens with zero attached hydrogens (tertiary/aromatic N) is 3. The van der Waals surface area contributed by atoms with Gasteiger partial charge in [-0.3, -0.25) is 5.01 Å². The van der Waals surface area contributed by atoms with E-state index in [1.807, 2.05) is 30.5 Å². The van der Waals surface area contributed by atoms with E-state index < -0.39 is 0 Å². The number of halogens is 2. The smallest absolute Gasteiger partial charge is 0.0557 e. The molecule has 1 aliphatic rings. The maximum atomic E-state index is 6.05. The minimum Gasteiger partial charge on any atom is -0.303 e. The van der Waals surface area contributed by atoms with E-state index in [0.29, 0.717) is 0 Å². The number of hydrazone groups is 1. The zero-order valence-corrected chi connectivity index (χ0v) is 11.4. The average molecular weight is 274 g/mol. The van der Waals surface area contributed by atoms with Crippen molar-refractivity contribution in [2.75, 3.05) is 33.2 Å². The van der Waals surface area contributed by atoms with Crippen LogP contribution < -0.4 is 0 Å². The van der Waals surface area contributed by atoms with Crippen LogP contribution in [0.4, 0.5) is 0 Å². The molecule has 3 nitrogen and oxygen atoms in total.